The smallest absolute Gasteiger partial charge is 0.0199 e. The van der Waals surface area contributed by atoms with Gasteiger partial charge in [0, 0.05) is 5.92 Å². The fourth-order valence-corrected chi connectivity index (χ4v) is 1.62. The van der Waals surface area contributed by atoms with Crippen LogP contribution in [-0.2, 0) is 0 Å². The summed E-state index contributed by atoms with van der Waals surface area (Å²) < 4.78 is 0. The van der Waals surface area contributed by atoms with Crippen LogP contribution in [0.5, 0.6) is 0 Å². The van der Waals surface area contributed by atoms with Gasteiger partial charge in [-0.25, -0.2) is 0 Å². The molecule has 1 aromatic rings. The van der Waals surface area contributed by atoms with Crippen LogP contribution in [0.4, 0.5) is 0 Å². The molecule has 0 spiro atoms. The van der Waals surface area contributed by atoms with Crippen LogP contribution in [0.3, 0.4) is 0 Å². The van der Waals surface area contributed by atoms with Crippen molar-refractivity contribution < 1.29 is 0 Å². The van der Waals surface area contributed by atoms with Crippen molar-refractivity contribution in [2.24, 2.45) is 5.92 Å². The van der Waals surface area contributed by atoms with Crippen molar-refractivity contribution in [1.82, 2.24) is 0 Å². The third kappa shape index (κ3) is 1.89. The first-order valence-electron chi connectivity index (χ1n) is 4.78. The molecule has 0 heteroatoms. The molecular formula is C13H14. The fraction of sp³-hybridized carbons (Fsp3) is 0.231. The Bertz CT molecular complexity index is 305. The second-order valence-corrected chi connectivity index (χ2v) is 3.57. The van der Waals surface area contributed by atoms with E-state index in [0.29, 0.717) is 11.8 Å². The van der Waals surface area contributed by atoms with E-state index in [1.807, 2.05) is 0 Å². The lowest BCUT2D eigenvalue weighted by Gasteiger charge is -2.13. The SMILES string of the molecule is CC1C=CC(c2ccccc2)C=C1. The summed E-state index contributed by atoms with van der Waals surface area (Å²) in [5, 5.41) is 0. The highest BCUT2D eigenvalue weighted by atomic mass is 14.1. The van der Waals surface area contributed by atoms with Crippen molar-refractivity contribution in [2.45, 2.75) is 12.8 Å². The van der Waals surface area contributed by atoms with Crippen LogP contribution < -0.4 is 0 Å². The molecule has 0 unspecified atom stereocenters. The molecule has 1 aromatic carbocycles. The standard InChI is InChI=1S/C13H14/c1-11-7-9-13(10-8-11)12-5-3-2-4-6-12/h2-11,13H,1H3. The van der Waals surface area contributed by atoms with Gasteiger partial charge in [0.25, 0.3) is 0 Å². The Morgan fingerprint density at radius 2 is 1.46 bits per heavy atom. The molecule has 0 aromatic heterocycles. The van der Waals surface area contributed by atoms with Crippen molar-refractivity contribution in [2.75, 3.05) is 0 Å². The molecule has 13 heavy (non-hydrogen) atoms. The van der Waals surface area contributed by atoms with Crippen LogP contribution in [0.25, 0.3) is 0 Å². The quantitative estimate of drug-likeness (QED) is 0.565. The molecule has 0 bridgehead atoms. The van der Waals surface area contributed by atoms with Crippen LogP contribution in [0.2, 0.25) is 0 Å². The van der Waals surface area contributed by atoms with Crippen molar-refractivity contribution in [3.05, 3.63) is 60.2 Å². The van der Waals surface area contributed by atoms with E-state index in [9.17, 15) is 0 Å². The lowest BCUT2D eigenvalue weighted by atomic mass is 9.92. The van der Waals surface area contributed by atoms with Crippen LogP contribution in [-0.4, -0.2) is 0 Å². The molecule has 1 aliphatic carbocycles. The van der Waals surface area contributed by atoms with E-state index >= 15 is 0 Å². The van der Waals surface area contributed by atoms with Gasteiger partial charge in [-0.05, 0) is 11.5 Å². The van der Waals surface area contributed by atoms with Crippen LogP contribution >= 0.6 is 0 Å². The number of hydrogen-bond donors (Lipinski definition) is 0. The van der Waals surface area contributed by atoms with Gasteiger partial charge in [0.2, 0.25) is 0 Å². The minimum absolute atomic E-state index is 0.484. The highest BCUT2D eigenvalue weighted by Crippen LogP contribution is 2.23. The van der Waals surface area contributed by atoms with Gasteiger partial charge >= 0.3 is 0 Å². The summed E-state index contributed by atoms with van der Waals surface area (Å²) in [6, 6.07) is 10.6. The predicted octanol–water partition coefficient (Wildman–Crippen LogP) is 3.53. The minimum atomic E-state index is 0.484. The second-order valence-electron chi connectivity index (χ2n) is 3.57. The van der Waals surface area contributed by atoms with Gasteiger partial charge in [-0.1, -0.05) is 61.6 Å². The summed E-state index contributed by atoms with van der Waals surface area (Å²) in [7, 11) is 0. The second kappa shape index (κ2) is 3.61. The summed E-state index contributed by atoms with van der Waals surface area (Å²) in [6.07, 6.45) is 9.08. The largest absolute Gasteiger partial charge is 0.0810 e. The lowest BCUT2D eigenvalue weighted by molar-refractivity contribution is 0.878. The fourth-order valence-electron chi connectivity index (χ4n) is 1.62. The zero-order valence-corrected chi connectivity index (χ0v) is 7.85. The van der Waals surface area contributed by atoms with Crippen molar-refractivity contribution in [1.29, 1.82) is 0 Å². The number of rotatable bonds is 1. The zero-order valence-electron chi connectivity index (χ0n) is 7.85. The van der Waals surface area contributed by atoms with Gasteiger partial charge in [0.15, 0.2) is 0 Å². The number of hydrogen-bond acceptors (Lipinski definition) is 0. The molecule has 0 saturated heterocycles. The van der Waals surface area contributed by atoms with Crippen LogP contribution in [0, 0.1) is 5.92 Å². The number of allylic oxidation sites excluding steroid dienone is 4. The first kappa shape index (κ1) is 8.31. The van der Waals surface area contributed by atoms with E-state index in [1.54, 1.807) is 0 Å². The highest BCUT2D eigenvalue weighted by Gasteiger charge is 2.07. The molecule has 0 aliphatic heterocycles. The first-order chi connectivity index (χ1) is 6.36. The van der Waals surface area contributed by atoms with Gasteiger partial charge in [-0.3, -0.25) is 0 Å². The number of benzene rings is 1. The van der Waals surface area contributed by atoms with E-state index in [1.165, 1.54) is 5.56 Å². The Kier molecular flexibility index (Phi) is 2.31. The Hall–Kier alpha value is -1.30. The molecule has 0 amide bonds. The summed E-state index contributed by atoms with van der Waals surface area (Å²) in [5.74, 6) is 1.08. The molecule has 0 N–H and O–H groups in total. The topological polar surface area (TPSA) is 0 Å². The van der Waals surface area contributed by atoms with E-state index < -0.39 is 0 Å². The van der Waals surface area contributed by atoms with E-state index in [2.05, 4.69) is 61.6 Å². The highest BCUT2D eigenvalue weighted by molar-refractivity contribution is 5.31. The Morgan fingerprint density at radius 1 is 0.846 bits per heavy atom. The van der Waals surface area contributed by atoms with Crippen molar-refractivity contribution >= 4 is 0 Å². The van der Waals surface area contributed by atoms with Gasteiger partial charge in [0.1, 0.15) is 0 Å². The van der Waals surface area contributed by atoms with Gasteiger partial charge in [-0.15, -0.1) is 0 Å². The average Bonchev–Trinajstić information content (AvgIpc) is 2.20. The third-order valence-electron chi connectivity index (χ3n) is 2.43. The van der Waals surface area contributed by atoms with E-state index in [4.69, 9.17) is 0 Å². The van der Waals surface area contributed by atoms with Crippen molar-refractivity contribution in [3.8, 4) is 0 Å². The molecule has 2 rings (SSSR count). The Balaban J connectivity index is 2.20. The molecule has 0 saturated carbocycles. The maximum atomic E-state index is 2.28. The van der Waals surface area contributed by atoms with Gasteiger partial charge in [0.05, 0.1) is 0 Å². The Morgan fingerprint density at radius 3 is 2.08 bits per heavy atom. The van der Waals surface area contributed by atoms with Crippen LogP contribution in [0.1, 0.15) is 18.4 Å². The maximum Gasteiger partial charge on any atom is 0.0199 e. The van der Waals surface area contributed by atoms with E-state index in [0.717, 1.165) is 0 Å². The molecule has 1 aliphatic rings. The maximum absolute atomic E-state index is 2.28. The minimum Gasteiger partial charge on any atom is -0.0810 e. The molecule has 0 radical (unpaired) electrons. The summed E-state index contributed by atoms with van der Waals surface area (Å²) >= 11 is 0. The summed E-state index contributed by atoms with van der Waals surface area (Å²) in [5.41, 5.74) is 1.38. The van der Waals surface area contributed by atoms with Crippen molar-refractivity contribution in [3.63, 3.8) is 0 Å². The summed E-state index contributed by atoms with van der Waals surface area (Å²) in [6.45, 7) is 2.20. The zero-order chi connectivity index (χ0) is 9.10. The predicted molar refractivity (Wildman–Crippen MR) is 56.6 cm³/mol. The lowest BCUT2D eigenvalue weighted by Crippen LogP contribution is -1.97. The molecular weight excluding hydrogens is 156 g/mol. The van der Waals surface area contributed by atoms with Gasteiger partial charge < -0.3 is 0 Å². The molecule has 66 valence electrons. The molecule has 0 nitrogen and oxygen atoms in total. The Labute approximate surface area is 79.6 Å². The van der Waals surface area contributed by atoms with Crippen LogP contribution in [0.15, 0.2) is 54.6 Å². The summed E-state index contributed by atoms with van der Waals surface area (Å²) in [4.78, 5) is 0. The molecule has 0 atom stereocenters. The first-order valence-corrected chi connectivity index (χ1v) is 4.78. The molecule has 0 heterocycles. The average molecular weight is 170 g/mol. The third-order valence-corrected chi connectivity index (χ3v) is 2.43. The van der Waals surface area contributed by atoms with Gasteiger partial charge in [-0.2, -0.15) is 0 Å². The normalized spacial score (nSPS) is 26.2. The monoisotopic (exact) mass is 170 g/mol. The molecule has 0 fully saturated rings. The van der Waals surface area contributed by atoms with E-state index in [-0.39, 0.29) is 0 Å².